The molecule has 32 heavy (non-hydrogen) atoms. The number of hydrogen-bond donors (Lipinski definition) is 2. The number of carbonyl (C=O) groups is 1. The van der Waals surface area contributed by atoms with Gasteiger partial charge in [0.05, 0.1) is 16.2 Å². The van der Waals surface area contributed by atoms with Crippen LogP contribution in [0.15, 0.2) is 63.9 Å². The summed E-state index contributed by atoms with van der Waals surface area (Å²) in [5.41, 5.74) is 3.69. The Balaban J connectivity index is 1.48. The van der Waals surface area contributed by atoms with Crippen molar-refractivity contribution in [2.24, 2.45) is 5.10 Å². The average Bonchev–Trinajstić information content (AvgIpc) is 3.22. The molecular formula is C23H22ClN3O3S2. The lowest BCUT2D eigenvalue weighted by Crippen LogP contribution is -2.20. The molecule has 1 amide bonds. The van der Waals surface area contributed by atoms with E-state index < -0.39 is 10.0 Å². The lowest BCUT2D eigenvalue weighted by Gasteiger charge is -2.13. The van der Waals surface area contributed by atoms with Gasteiger partial charge in [-0.25, -0.2) is 0 Å². The van der Waals surface area contributed by atoms with E-state index in [9.17, 15) is 13.2 Å². The predicted molar refractivity (Wildman–Crippen MR) is 129 cm³/mol. The zero-order chi connectivity index (χ0) is 22.7. The zero-order valence-corrected chi connectivity index (χ0v) is 19.8. The number of sulfonamides is 1. The number of hydrogen-bond acceptors (Lipinski definition) is 5. The van der Waals surface area contributed by atoms with E-state index in [0.29, 0.717) is 22.0 Å². The summed E-state index contributed by atoms with van der Waals surface area (Å²) < 4.78 is 24.8. The fraction of sp³-hybridized carbons (Fsp3) is 0.217. The Kier molecular flexibility index (Phi) is 6.64. The van der Waals surface area contributed by atoms with E-state index in [-0.39, 0.29) is 10.8 Å². The van der Waals surface area contributed by atoms with Crippen LogP contribution in [0.3, 0.4) is 0 Å². The number of halogens is 1. The van der Waals surface area contributed by atoms with Gasteiger partial charge in [-0.2, -0.15) is 18.4 Å². The number of fused-ring (bicyclic) bond motifs is 1. The van der Waals surface area contributed by atoms with E-state index in [0.717, 1.165) is 24.8 Å². The SMILES string of the molecule is CC(=NNS(=O)(=O)c1ccc(Cl)cc1)c1cccc(NC(=O)c2csc3c2CCCC3)c1. The molecule has 0 bridgehead atoms. The van der Waals surface area contributed by atoms with E-state index >= 15 is 0 Å². The number of carbonyl (C=O) groups excluding carboxylic acids is 1. The van der Waals surface area contributed by atoms with E-state index in [1.54, 1.807) is 42.5 Å². The van der Waals surface area contributed by atoms with Gasteiger partial charge in [0.2, 0.25) is 0 Å². The first kappa shape index (κ1) is 22.5. The van der Waals surface area contributed by atoms with Gasteiger partial charge in [-0.3, -0.25) is 4.79 Å². The minimum atomic E-state index is -3.81. The van der Waals surface area contributed by atoms with Crippen LogP contribution in [-0.4, -0.2) is 20.0 Å². The number of thiophene rings is 1. The van der Waals surface area contributed by atoms with Gasteiger partial charge >= 0.3 is 0 Å². The van der Waals surface area contributed by atoms with Crippen LogP contribution in [0.2, 0.25) is 5.02 Å². The number of aryl methyl sites for hydroxylation is 1. The Bertz CT molecular complexity index is 1280. The number of hydrazone groups is 1. The first-order valence-electron chi connectivity index (χ1n) is 10.2. The first-order chi connectivity index (χ1) is 15.3. The molecule has 1 aliphatic carbocycles. The minimum absolute atomic E-state index is 0.0681. The van der Waals surface area contributed by atoms with Gasteiger partial charge in [0, 0.05) is 21.0 Å². The summed E-state index contributed by atoms with van der Waals surface area (Å²) in [5, 5.41) is 9.37. The number of amides is 1. The second-order valence-corrected chi connectivity index (χ2v) is 10.6. The summed E-state index contributed by atoms with van der Waals surface area (Å²) in [6.07, 6.45) is 4.28. The molecule has 3 aromatic rings. The van der Waals surface area contributed by atoms with Gasteiger partial charge in [-0.15, -0.1) is 11.3 Å². The molecule has 0 saturated carbocycles. The summed E-state index contributed by atoms with van der Waals surface area (Å²) in [6, 6.07) is 13.0. The molecule has 6 nitrogen and oxygen atoms in total. The number of nitrogens with zero attached hydrogens (tertiary/aromatic N) is 1. The highest BCUT2D eigenvalue weighted by molar-refractivity contribution is 7.89. The fourth-order valence-electron chi connectivity index (χ4n) is 3.56. The summed E-state index contributed by atoms with van der Waals surface area (Å²) in [7, 11) is -3.81. The van der Waals surface area contributed by atoms with Crippen molar-refractivity contribution < 1.29 is 13.2 Å². The van der Waals surface area contributed by atoms with Crippen molar-refractivity contribution in [1.29, 1.82) is 0 Å². The molecule has 9 heteroatoms. The number of rotatable bonds is 6. The Labute approximate surface area is 196 Å². The summed E-state index contributed by atoms with van der Waals surface area (Å²) in [4.78, 5) is 16.5. The molecule has 0 unspecified atom stereocenters. The Morgan fingerprint density at radius 3 is 2.62 bits per heavy atom. The van der Waals surface area contributed by atoms with Crippen LogP contribution in [0.4, 0.5) is 5.69 Å². The fourth-order valence-corrected chi connectivity index (χ4v) is 5.67. The Hall–Kier alpha value is -2.68. The van der Waals surface area contributed by atoms with E-state index in [2.05, 4.69) is 15.2 Å². The van der Waals surface area contributed by atoms with Gasteiger partial charge in [0.15, 0.2) is 0 Å². The lowest BCUT2D eigenvalue weighted by molar-refractivity contribution is 0.102. The van der Waals surface area contributed by atoms with Crippen molar-refractivity contribution in [3.63, 3.8) is 0 Å². The summed E-state index contributed by atoms with van der Waals surface area (Å²) in [5.74, 6) is -0.125. The maximum atomic E-state index is 12.8. The molecule has 2 aromatic carbocycles. The topological polar surface area (TPSA) is 87.6 Å². The third-order valence-electron chi connectivity index (χ3n) is 5.30. The quantitative estimate of drug-likeness (QED) is 0.368. The van der Waals surface area contributed by atoms with Crippen LogP contribution in [0.25, 0.3) is 0 Å². The van der Waals surface area contributed by atoms with Crippen LogP contribution in [0.5, 0.6) is 0 Å². The third-order valence-corrected chi connectivity index (χ3v) is 7.87. The molecule has 0 saturated heterocycles. The van der Waals surface area contributed by atoms with E-state index in [1.807, 2.05) is 5.38 Å². The maximum Gasteiger partial charge on any atom is 0.276 e. The van der Waals surface area contributed by atoms with Gasteiger partial charge in [-0.1, -0.05) is 23.7 Å². The van der Waals surface area contributed by atoms with E-state index in [4.69, 9.17) is 11.6 Å². The molecule has 0 radical (unpaired) electrons. The van der Waals surface area contributed by atoms with Crippen molar-refractivity contribution in [1.82, 2.24) is 4.83 Å². The van der Waals surface area contributed by atoms with Crippen molar-refractivity contribution in [3.05, 3.63) is 80.5 Å². The average molecular weight is 488 g/mol. The lowest BCUT2D eigenvalue weighted by atomic mass is 9.95. The first-order valence-corrected chi connectivity index (χ1v) is 12.9. The second-order valence-electron chi connectivity index (χ2n) is 7.54. The van der Waals surface area contributed by atoms with Gasteiger partial charge < -0.3 is 5.32 Å². The van der Waals surface area contributed by atoms with Crippen LogP contribution in [0, 0.1) is 0 Å². The molecule has 4 rings (SSSR count). The molecule has 1 aromatic heterocycles. The van der Waals surface area contributed by atoms with Crippen molar-refractivity contribution in [2.75, 3.05) is 5.32 Å². The highest BCUT2D eigenvalue weighted by Crippen LogP contribution is 2.30. The monoisotopic (exact) mass is 487 g/mol. The van der Waals surface area contributed by atoms with Crippen molar-refractivity contribution >= 4 is 50.3 Å². The van der Waals surface area contributed by atoms with Crippen molar-refractivity contribution in [3.8, 4) is 0 Å². The Morgan fingerprint density at radius 2 is 1.84 bits per heavy atom. The number of nitrogens with one attached hydrogen (secondary N) is 2. The third kappa shape index (κ3) is 5.03. The minimum Gasteiger partial charge on any atom is -0.322 e. The summed E-state index contributed by atoms with van der Waals surface area (Å²) >= 11 is 7.47. The standard InChI is InChI=1S/C23H22ClN3O3S2/c1-15(26-27-32(29,30)19-11-9-17(24)10-12-19)16-5-4-6-18(13-16)25-23(28)21-14-31-22-8-3-2-7-20(21)22/h4-6,9-14,27H,2-3,7-8H2,1H3,(H,25,28). The van der Waals surface area contributed by atoms with Gasteiger partial charge in [0.1, 0.15) is 0 Å². The largest absolute Gasteiger partial charge is 0.322 e. The molecule has 0 aliphatic heterocycles. The molecular weight excluding hydrogens is 466 g/mol. The highest BCUT2D eigenvalue weighted by Gasteiger charge is 2.20. The van der Waals surface area contributed by atoms with Crippen LogP contribution in [0.1, 0.15) is 46.1 Å². The number of anilines is 1. The summed E-state index contributed by atoms with van der Waals surface area (Å²) in [6.45, 7) is 1.70. The number of benzene rings is 2. The molecule has 0 spiro atoms. The molecule has 2 N–H and O–H groups in total. The molecule has 1 heterocycles. The van der Waals surface area contributed by atoms with Crippen LogP contribution >= 0.6 is 22.9 Å². The maximum absolute atomic E-state index is 12.8. The van der Waals surface area contributed by atoms with Gasteiger partial charge in [-0.05, 0) is 80.1 Å². The zero-order valence-electron chi connectivity index (χ0n) is 17.4. The normalized spacial score (nSPS) is 14.0. The molecule has 0 fully saturated rings. The molecule has 166 valence electrons. The highest BCUT2D eigenvalue weighted by atomic mass is 35.5. The van der Waals surface area contributed by atoms with Gasteiger partial charge in [0.25, 0.3) is 15.9 Å². The second kappa shape index (κ2) is 9.44. The van der Waals surface area contributed by atoms with Crippen LogP contribution < -0.4 is 10.1 Å². The molecule has 1 aliphatic rings. The van der Waals surface area contributed by atoms with Crippen molar-refractivity contribution in [2.45, 2.75) is 37.5 Å². The van der Waals surface area contributed by atoms with E-state index in [1.165, 1.54) is 41.1 Å². The smallest absolute Gasteiger partial charge is 0.276 e. The Morgan fingerprint density at radius 1 is 1.09 bits per heavy atom. The predicted octanol–water partition coefficient (Wildman–Crippen LogP) is 5.24. The van der Waals surface area contributed by atoms with Crippen LogP contribution in [-0.2, 0) is 22.9 Å². The molecule has 0 atom stereocenters.